The Labute approximate surface area is 109 Å². The van der Waals surface area contributed by atoms with Gasteiger partial charge in [0.05, 0.1) is 0 Å². The van der Waals surface area contributed by atoms with Crippen LogP contribution in [-0.4, -0.2) is 29.7 Å². The van der Waals surface area contributed by atoms with Crippen molar-refractivity contribution in [2.45, 2.75) is 53.0 Å². The number of carbonyl (C=O) groups excluding carboxylic acids is 1. The average molecular weight is 258 g/mol. The molecule has 5 heteroatoms. The smallest absolute Gasteiger partial charge is 0.326 e. The van der Waals surface area contributed by atoms with Crippen molar-refractivity contribution in [2.24, 2.45) is 11.8 Å². The van der Waals surface area contributed by atoms with Crippen molar-refractivity contribution in [1.82, 2.24) is 10.6 Å². The molecular formula is C13H26N2O3. The van der Waals surface area contributed by atoms with Gasteiger partial charge in [-0.2, -0.15) is 0 Å². The molecule has 106 valence electrons. The molecule has 5 nitrogen and oxygen atoms in total. The van der Waals surface area contributed by atoms with Crippen molar-refractivity contribution in [1.29, 1.82) is 0 Å². The van der Waals surface area contributed by atoms with Crippen molar-refractivity contribution in [3.05, 3.63) is 0 Å². The number of hydrogen-bond donors (Lipinski definition) is 3. The number of rotatable bonds is 8. The molecule has 0 aromatic heterocycles. The number of unbranched alkanes of at least 4 members (excludes halogenated alkanes) is 1. The molecule has 0 saturated carbocycles. The fourth-order valence-corrected chi connectivity index (χ4v) is 1.36. The van der Waals surface area contributed by atoms with Crippen LogP contribution in [0.25, 0.3) is 0 Å². The van der Waals surface area contributed by atoms with Gasteiger partial charge in [-0.1, -0.05) is 40.5 Å². The van der Waals surface area contributed by atoms with Gasteiger partial charge in [0.25, 0.3) is 0 Å². The monoisotopic (exact) mass is 258 g/mol. The normalized spacial score (nSPS) is 14.1. The summed E-state index contributed by atoms with van der Waals surface area (Å²) in [5.41, 5.74) is 0. The number of carboxylic acid groups (broad SMARTS) is 1. The van der Waals surface area contributed by atoms with Crippen LogP contribution in [0.3, 0.4) is 0 Å². The Balaban J connectivity index is 4.06. The highest BCUT2D eigenvalue weighted by molar-refractivity contribution is 5.82. The van der Waals surface area contributed by atoms with E-state index in [1.54, 1.807) is 0 Å². The van der Waals surface area contributed by atoms with E-state index in [4.69, 9.17) is 5.11 Å². The molecule has 0 rings (SSSR count). The molecule has 0 aromatic rings. The van der Waals surface area contributed by atoms with Crippen LogP contribution in [0.5, 0.6) is 0 Å². The van der Waals surface area contributed by atoms with Crippen molar-refractivity contribution in [3.63, 3.8) is 0 Å². The Morgan fingerprint density at radius 1 is 1.22 bits per heavy atom. The molecule has 0 aliphatic rings. The van der Waals surface area contributed by atoms with Crippen molar-refractivity contribution >= 4 is 12.0 Å². The van der Waals surface area contributed by atoms with E-state index in [1.165, 1.54) is 0 Å². The van der Waals surface area contributed by atoms with Gasteiger partial charge in [0.2, 0.25) is 0 Å². The van der Waals surface area contributed by atoms with Crippen molar-refractivity contribution in [2.75, 3.05) is 6.54 Å². The maximum atomic E-state index is 11.6. The van der Waals surface area contributed by atoms with E-state index < -0.39 is 18.0 Å². The zero-order valence-electron chi connectivity index (χ0n) is 11.8. The number of amides is 2. The molecule has 0 heterocycles. The maximum Gasteiger partial charge on any atom is 0.326 e. The molecule has 0 spiro atoms. The number of carbonyl (C=O) groups is 2. The number of urea groups is 1. The van der Waals surface area contributed by atoms with Crippen LogP contribution in [0.1, 0.15) is 47.0 Å². The fourth-order valence-electron chi connectivity index (χ4n) is 1.36. The van der Waals surface area contributed by atoms with Crippen LogP contribution in [0.15, 0.2) is 0 Å². The molecule has 0 aromatic carbocycles. The molecule has 0 aliphatic heterocycles. The van der Waals surface area contributed by atoms with Crippen LogP contribution in [0.2, 0.25) is 0 Å². The van der Waals surface area contributed by atoms with Crippen LogP contribution in [-0.2, 0) is 4.79 Å². The number of carboxylic acids is 1. The second-order valence-electron chi connectivity index (χ2n) is 5.11. The predicted octanol–water partition coefficient (Wildman–Crippen LogP) is 2.22. The molecule has 18 heavy (non-hydrogen) atoms. The third-order valence-corrected chi connectivity index (χ3v) is 3.17. The van der Waals surface area contributed by atoms with Gasteiger partial charge in [0, 0.05) is 6.54 Å². The quantitative estimate of drug-likeness (QED) is 0.624. The highest BCUT2D eigenvalue weighted by atomic mass is 16.4. The van der Waals surface area contributed by atoms with E-state index in [0.717, 1.165) is 12.8 Å². The van der Waals surface area contributed by atoms with E-state index in [-0.39, 0.29) is 0 Å². The minimum absolute atomic E-state index is 0.370. The Morgan fingerprint density at radius 3 is 2.28 bits per heavy atom. The van der Waals surface area contributed by atoms with Crippen molar-refractivity contribution in [3.8, 4) is 0 Å². The zero-order valence-corrected chi connectivity index (χ0v) is 11.8. The second kappa shape index (κ2) is 8.78. The number of hydrogen-bond acceptors (Lipinski definition) is 2. The highest BCUT2D eigenvalue weighted by Gasteiger charge is 2.19. The third kappa shape index (κ3) is 7.14. The van der Waals surface area contributed by atoms with Crippen LogP contribution >= 0.6 is 0 Å². The zero-order chi connectivity index (χ0) is 14.1. The lowest BCUT2D eigenvalue weighted by molar-refractivity contribution is -0.139. The Morgan fingerprint density at radius 2 is 1.83 bits per heavy atom. The number of nitrogens with one attached hydrogen (secondary N) is 2. The summed E-state index contributed by atoms with van der Waals surface area (Å²) in [7, 11) is 0. The summed E-state index contributed by atoms with van der Waals surface area (Å²) in [6, 6.07) is -1.19. The van der Waals surface area contributed by atoms with Gasteiger partial charge in [0.15, 0.2) is 0 Å². The topological polar surface area (TPSA) is 78.4 Å². The molecular weight excluding hydrogens is 232 g/mol. The van der Waals surface area contributed by atoms with Crippen LogP contribution in [0.4, 0.5) is 4.79 Å². The summed E-state index contributed by atoms with van der Waals surface area (Å²) in [6.07, 6.45) is 2.18. The summed E-state index contributed by atoms with van der Waals surface area (Å²) in [5, 5.41) is 14.2. The van der Waals surface area contributed by atoms with Gasteiger partial charge in [-0.05, 0) is 18.3 Å². The predicted molar refractivity (Wildman–Crippen MR) is 71.5 cm³/mol. The maximum absolute atomic E-state index is 11.6. The summed E-state index contributed by atoms with van der Waals surface area (Å²) in [5.74, 6) is -0.120. The first-order valence-corrected chi connectivity index (χ1v) is 6.65. The SMILES string of the molecule is CCCCC(NC(=O)NCC(C)C(C)C)C(=O)O. The first kappa shape index (κ1) is 16.7. The fraction of sp³-hybridized carbons (Fsp3) is 0.846. The lowest BCUT2D eigenvalue weighted by atomic mass is 9.98. The molecule has 2 atom stereocenters. The minimum Gasteiger partial charge on any atom is -0.480 e. The molecule has 0 fully saturated rings. The Hall–Kier alpha value is -1.26. The highest BCUT2D eigenvalue weighted by Crippen LogP contribution is 2.07. The lowest BCUT2D eigenvalue weighted by Crippen LogP contribution is -2.47. The minimum atomic E-state index is -0.976. The molecule has 3 N–H and O–H groups in total. The summed E-state index contributed by atoms with van der Waals surface area (Å²) < 4.78 is 0. The van der Waals surface area contributed by atoms with Crippen LogP contribution in [0, 0.1) is 11.8 Å². The van der Waals surface area contributed by atoms with Gasteiger partial charge in [-0.15, -0.1) is 0 Å². The molecule has 2 amide bonds. The third-order valence-electron chi connectivity index (χ3n) is 3.17. The average Bonchev–Trinajstić information content (AvgIpc) is 2.30. The van der Waals surface area contributed by atoms with E-state index in [0.29, 0.717) is 24.8 Å². The summed E-state index contributed by atoms with van der Waals surface area (Å²) in [6.45, 7) is 8.78. The largest absolute Gasteiger partial charge is 0.480 e. The Kier molecular flexibility index (Phi) is 8.16. The van der Waals surface area contributed by atoms with Gasteiger partial charge in [-0.25, -0.2) is 9.59 Å². The standard InChI is InChI=1S/C13H26N2O3/c1-5-6-7-11(12(16)17)15-13(18)14-8-10(4)9(2)3/h9-11H,5-8H2,1-4H3,(H,16,17)(H2,14,15,18). The number of aliphatic carboxylic acids is 1. The molecule has 0 saturated heterocycles. The van der Waals surface area contributed by atoms with Gasteiger partial charge in [-0.3, -0.25) is 0 Å². The van der Waals surface area contributed by atoms with Gasteiger partial charge < -0.3 is 15.7 Å². The summed E-state index contributed by atoms with van der Waals surface area (Å²) >= 11 is 0. The summed E-state index contributed by atoms with van der Waals surface area (Å²) in [4.78, 5) is 22.5. The first-order chi connectivity index (χ1) is 8.38. The van der Waals surface area contributed by atoms with Crippen molar-refractivity contribution < 1.29 is 14.7 Å². The second-order valence-corrected chi connectivity index (χ2v) is 5.11. The Bertz CT molecular complexity index is 267. The van der Waals surface area contributed by atoms with E-state index in [2.05, 4.69) is 31.4 Å². The van der Waals surface area contributed by atoms with E-state index >= 15 is 0 Å². The van der Waals surface area contributed by atoms with Gasteiger partial charge in [0.1, 0.15) is 6.04 Å². The van der Waals surface area contributed by atoms with Crippen LogP contribution < -0.4 is 10.6 Å². The lowest BCUT2D eigenvalue weighted by Gasteiger charge is -2.18. The van der Waals surface area contributed by atoms with Gasteiger partial charge >= 0.3 is 12.0 Å². The van der Waals surface area contributed by atoms with E-state index in [9.17, 15) is 9.59 Å². The molecule has 2 unspecified atom stereocenters. The molecule has 0 bridgehead atoms. The van der Waals surface area contributed by atoms with E-state index in [1.807, 2.05) is 6.92 Å². The molecule has 0 radical (unpaired) electrons. The first-order valence-electron chi connectivity index (χ1n) is 6.65. The molecule has 0 aliphatic carbocycles.